The van der Waals surface area contributed by atoms with Crippen molar-refractivity contribution in [3.8, 4) is 0 Å². The molecule has 2 heteroatoms. The molecule has 0 amide bonds. The molecule has 1 aliphatic heterocycles. The molecule has 2 heterocycles. The second-order valence-corrected chi connectivity index (χ2v) is 6.69. The van der Waals surface area contributed by atoms with Gasteiger partial charge in [0.1, 0.15) is 0 Å². The van der Waals surface area contributed by atoms with Crippen LogP contribution in [0.25, 0.3) is 0 Å². The fourth-order valence-electron chi connectivity index (χ4n) is 2.99. The third-order valence-corrected chi connectivity index (χ3v) is 4.37. The van der Waals surface area contributed by atoms with Crippen LogP contribution in [-0.2, 0) is 0 Å². The highest BCUT2D eigenvalue weighted by Crippen LogP contribution is 2.43. The molecule has 15 heavy (non-hydrogen) atoms. The lowest BCUT2D eigenvalue weighted by molar-refractivity contribution is 0.246. The van der Waals surface area contributed by atoms with E-state index in [0.717, 1.165) is 0 Å². The van der Waals surface area contributed by atoms with E-state index in [4.69, 9.17) is 0 Å². The largest absolute Gasteiger partial charge is 0.353 e. The second-order valence-electron chi connectivity index (χ2n) is 5.77. The molecule has 1 nitrogen and oxygen atoms in total. The first kappa shape index (κ1) is 11.0. The number of hydrogen-bond acceptors (Lipinski definition) is 2. The van der Waals surface area contributed by atoms with Gasteiger partial charge in [-0.1, -0.05) is 0 Å². The Balaban J connectivity index is 2.39. The predicted octanol–water partition coefficient (Wildman–Crippen LogP) is 4.30. The first-order valence-corrected chi connectivity index (χ1v) is 6.65. The molecule has 0 atom stereocenters. The lowest BCUT2D eigenvalue weighted by atomic mass is 9.80. The summed E-state index contributed by atoms with van der Waals surface area (Å²) >= 11 is 1.86. The van der Waals surface area contributed by atoms with Crippen LogP contribution in [0.1, 0.15) is 47.0 Å². The fraction of sp³-hybridized carbons (Fsp3) is 0.692. The molecule has 0 bridgehead atoms. The maximum absolute atomic E-state index is 2.62. The van der Waals surface area contributed by atoms with Crippen molar-refractivity contribution in [1.29, 1.82) is 0 Å². The van der Waals surface area contributed by atoms with E-state index in [1.54, 1.807) is 0 Å². The van der Waals surface area contributed by atoms with Crippen LogP contribution in [0.2, 0.25) is 0 Å². The second kappa shape index (κ2) is 3.51. The zero-order valence-corrected chi connectivity index (χ0v) is 11.0. The van der Waals surface area contributed by atoms with Gasteiger partial charge in [-0.25, -0.2) is 0 Å². The average molecular weight is 223 g/mol. The number of anilines is 1. The Morgan fingerprint density at radius 3 is 2.20 bits per heavy atom. The molecule has 1 aromatic heterocycles. The van der Waals surface area contributed by atoms with Crippen LogP contribution in [0, 0.1) is 0 Å². The molecule has 0 radical (unpaired) electrons. The van der Waals surface area contributed by atoms with Gasteiger partial charge in [-0.2, -0.15) is 0 Å². The van der Waals surface area contributed by atoms with E-state index in [-0.39, 0.29) is 0 Å². The molecule has 1 aromatic rings. The monoisotopic (exact) mass is 223 g/mol. The van der Waals surface area contributed by atoms with Gasteiger partial charge in [0, 0.05) is 11.1 Å². The number of thiophene rings is 1. The molecule has 84 valence electrons. The molecular formula is C13H21NS. The van der Waals surface area contributed by atoms with Gasteiger partial charge < -0.3 is 4.90 Å². The van der Waals surface area contributed by atoms with Gasteiger partial charge in [0.25, 0.3) is 0 Å². The van der Waals surface area contributed by atoms with Crippen molar-refractivity contribution < 1.29 is 0 Å². The van der Waals surface area contributed by atoms with Gasteiger partial charge in [0.15, 0.2) is 0 Å². The van der Waals surface area contributed by atoms with Crippen LogP contribution in [0.15, 0.2) is 17.5 Å². The van der Waals surface area contributed by atoms with E-state index in [9.17, 15) is 0 Å². The highest BCUT2D eigenvalue weighted by Gasteiger charge is 2.41. The summed E-state index contributed by atoms with van der Waals surface area (Å²) in [7, 11) is 0. The maximum atomic E-state index is 2.62. The predicted molar refractivity (Wildman–Crippen MR) is 68.8 cm³/mol. The Morgan fingerprint density at radius 1 is 1.13 bits per heavy atom. The van der Waals surface area contributed by atoms with Crippen LogP contribution >= 0.6 is 11.3 Å². The lowest BCUT2D eigenvalue weighted by Gasteiger charge is -2.53. The van der Waals surface area contributed by atoms with E-state index in [1.165, 1.54) is 24.3 Å². The summed E-state index contributed by atoms with van der Waals surface area (Å²) in [5, 5.41) is 3.60. The fourth-order valence-corrected chi connectivity index (χ4v) is 4.04. The Kier molecular flexibility index (Phi) is 2.58. The summed E-state index contributed by atoms with van der Waals surface area (Å²) in [6, 6.07) is 4.40. The van der Waals surface area contributed by atoms with Crippen LogP contribution < -0.4 is 4.90 Å². The van der Waals surface area contributed by atoms with Crippen molar-refractivity contribution in [3.63, 3.8) is 0 Å². The number of rotatable bonds is 1. The summed E-state index contributed by atoms with van der Waals surface area (Å²) in [6.45, 7) is 9.47. The molecule has 0 N–H and O–H groups in total. The highest BCUT2D eigenvalue weighted by atomic mass is 32.1. The van der Waals surface area contributed by atoms with Crippen molar-refractivity contribution in [3.05, 3.63) is 17.5 Å². The van der Waals surface area contributed by atoms with Crippen molar-refractivity contribution in [1.82, 2.24) is 0 Å². The highest BCUT2D eigenvalue weighted by molar-refractivity contribution is 7.14. The van der Waals surface area contributed by atoms with Gasteiger partial charge in [-0.15, -0.1) is 11.3 Å². The molecule has 1 fully saturated rings. The molecule has 0 spiro atoms. The van der Waals surface area contributed by atoms with Crippen LogP contribution in [-0.4, -0.2) is 11.1 Å². The van der Waals surface area contributed by atoms with Crippen LogP contribution in [0.5, 0.6) is 0 Å². The van der Waals surface area contributed by atoms with Crippen molar-refractivity contribution >= 4 is 16.3 Å². The third-order valence-electron chi connectivity index (χ3n) is 3.51. The number of piperidine rings is 1. The zero-order valence-electron chi connectivity index (χ0n) is 10.2. The smallest absolute Gasteiger partial charge is 0.0917 e. The minimum Gasteiger partial charge on any atom is -0.353 e. The Hall–Kier alpha value is -0.500. The standard InChI is InChI=1S/C13H21NS/c1-12(2)8-6-9-13(3,4)14(12)11-7-5-10-15-11/h5,7,10H,6,8-9H2,1-4H3. The minimum absolute atomic E-state index is 0.298. The molecule has 0 saturated carbocycles. The normalized spacial score (nSPS) is 24.1. The first-order chi connectivity index (χ1) is 6.93. The molecule has 1 aliphatic rings. The lowest BCUT2D eigenvalue weighted by Crippen LogP contribution is -2.58. The van der Waals surface area contributed by atoms with Crippen LogP contribution in [0.3, 0.4) is 0 Å². The SMILES string of the molecule is CC1(C)CCCC(C)(C)N1c1cccs1. The maximum Gasteiger partial charge on any atom is 0.0917 e. The zero-order chi connectivity index (χ0) is 11.1. The molecular weight excluding hydrogens is 202 g/mol. The van der Waals surface area contributed by atoms with Gasteiger partial charge >= 0.3 is 0 Å². The van der Waals surface area contributed by atoms with E-state index >= 15 is 0 Å². The Labute approximate surface area is 97.1 Å². The number of nitrogens with zero attached hydrogens (tertiary/aromatic N) is 1. The summed E-state index contributed by atoms with van der Waals surface area (Å²) in [6.07, 6.45) is 3.95. The Bertz CT molecular complexity index is 308. The average Bonchev–Trinajstić information content (AvgIpc) is 2.53. The van der Waals surface area contributed by atoms with Gasteiger partial charge in [0.05, 0.1) is 5.00 Å². The van der Waals surface area contributed by atoms with Gasteiger partial charge in [0.2, 0.25) is 0 Å². The molecule has 0 aromatic carbocycles. The summed E-state index contributed by atoms with van der Waals surface area (Å²) in [5.74, 6) is 0. The molecule has 0 unspecified atom stereocenters. The van der Waals surface area contributed by atoms with E-state index in [0.29, 0.717) is 11.1 Å². The minimum atomic E-state index is 0.298. The van der Waals surface area contributed by atoms with E-state index < -0.39 is 0 Å². The van der Waals surface area contributed by atoms with Crippen LogP contribution in [0.4, 0.5) is 5.00 Å². The van der Waals surface area contributed by atoms with Gasteiger partial charge in [-0.3, -0.25) is 0 Å². The first-order valence-electron chi connectivity index (χ1n) is 5.77. The van der Waals surface area contributed by atoms with E-state index in [2.05, 4.69) is 50.1 Å². The van der Waals surface area contributed by atoms with Crippen molar-refractivity contribution in [2.75, 3.05) is 4.90 Å². The molecule has 0 aliphatic carbocycles. The van der Waals surface area contributed by atoms with Crippen molar-refractivity contribution in [2.45, 2.75) is 58.0 Å². The van der Waals surface area contributed by atoms with Gasteiger partial charge in [-0.05, 0) is 64.5 Å². The quantitative estimate of drug-likeness (QED) is 0.686. The molecule has 2 rings (SSSR count). The molecule has 1 saturated heterocycles. The van der Waals surface area contributed by atoms with Crippen molar-refractivity contribution in [2.24, 2.45) is 0 Å². The summed E-state index contributed by atoms with van der Waals surface area (Å²) in [4.78, 5) is 2.62. The topological polar surface area (TPSA) is 3.24 Å². The summed E-state index contributed by atoms with van der Waals surface area (Å²) < 4.78 is 0. The third kappa shape index (κ3) is 1.92. The Morgan fingerprint density at radius 2 is 1.73 bits per heavy atom. The summed E-state index contributed by atoms with van der Waals surface area (Å²) in [5.41, 5.74) is 0.596. The van der Waals surface area contributed by atoms with E-state index in [1.807, 2.05) is 11.3 Å². The number of hydrogen-bond donors (Lipinski definition) is 0.